The predicted octanol–water partition coefficient (Wildman–Crippen LogP) is 5.13. The molecule has 0 amide bonds. The minimum Gasteiger partial charge on any atom is -0.490 e. The molecule has 0 aromatic heterocycles. The molecule has 0 spiro atoms. The van der Waals surface area contributed by atoms with E-state index in [0.717, 1.165) is 50.8 Å². The van der Waals surface area contributed by atoms with E-state index in [4.69, 9.17) is 14.2 Å². The Bertz CT molecular complexity index is 930. The topological polar surface area (TPSA) is 77.1 Å². The van der Waals surface area contributed by atoms with Gasteiger partial charge in [0.15, 0.2) is 5.78 Å². The van der Waals surface area contributed by atoms with Gasteiger partial charge < -0.3 is 19.5 Å². The SMILES string of the molecule is CCC(=O)CCc1cc(F)cc(OC2CC(NC(C)CCC(C)C(=O)COCCCOC3CN(C(C)C)C3)C2)c1. The molecule has 1 saturated carbocycles. The number of ether oxygens (including phenoxy) is 3. The molecule has 2 aliphatic rings. The molecule has 1 N–H and O–H groups in total. The van der Waals surface area contributed by atoms with Gasteiger partial charge in [0, 0.05) is 69.3 Å². The van der Waals surface area contributed by atoms with Crippen LogP contribution in [0.15, 0.2) is 18.2 Å². The number of nitrogens with one attached hydrogen (secondary N) is 1. The fraction of sp³-hybridized carbons (Fsp3) is 0.750. The molecule has 40 heavy (non-hydrogen) atoms. The molecule has 1 aromatic rings. The second-order valence-electron chi connectivity index (χ2n) is 12.1. The van der Waals surface area contributed by atoms with E-state index in [1.54, 1.807) is 0 Å². The van der Waals surface area contributed by atoms with E-state index in [9.17, 15) is 14.0 Å². The zero-order chi connectivity index (χ0) is 29.1. The number of carbonyl (C=O) groups is 2. The van der Waals surface area contributed by atoms with Crippen molar-refractivity contribution in [2.75, 3.05) is 32.9 Å². The maximum Gasteiger partial charge on any atom is 0.161 e. The zero-order valence-electron chi connectivity index (χ0n) is 25.3. The molecule has 2 unspecified atom stereocenters. The first kappa shape index (κ1) is 32.6. The van der Waals surface area contributed by atoms with Gasteiger partial charge in [0.2, 0.25) is 0 Å². The minimum atomic E-state index is -0.329. The van der Waals surface area contributed by atoms with Gasteiger partial charge >= 0.3 is 0 Å². The van der Waals surface area contributed by atoms with Gasteiger partial charge in [-0.1, -0.05) is 13.8 Å². The van der Waals surface area contributed by atoms with Gasteiger partial charge in [-0.2, -0.15) is 0 Å². The van der Waals surface area contributed by atoms with Crippen molar-refractivity contribution in [2.24, 2.45) is 5.92 Å². The molecule has 2 atom stereocenters. The number of hydrogen-bond donors (Lipinski definition) is 1. The second kappa shape index (κ2) is 16.5. The summed E-state index contributed by atoms with van der Waals surface area (Å²) in [6, 6.07) is 5.99. The van der Waals surface area contributed by atoms with Crippen LogP contribution in [0, 0.1) is 11.7 Å². The average Bonchev–Trinajstić information content (AvgIpc) is 2.86. The van der Waals surface area contributed by atoms with Gasteiger partial charge in [-0.05, 0) is 77.0 Å². The van der Waals surface area contributed by atoms with Crippen LogP contribution in [0.2, 0.25) is 0 Å². The van der Waals surface area contributed by atoms with Crippen LogP contribution < -0.4 is 10.1 Å². The van der Waals surface area contributed by atoms with E-state index in [2.05, 4.69) is 31.0 Å². The van der Waals surface area contributed by atoms with Crippen molar-refractivity contribution < 1.29 is 28.2 Å². The molecule has 1 saturated heterocycles. The summed E-state index contributed by atoms with van der Waals surface area (Å²) >= 11 is 0. The van der Waals surface area contributed by atoms with Crippen LogP contribution in [0.25, 0.3) is 0 Å². The molecular weight excluding hydrogens is 511 g/mol. The number of nitrogens with zero attached hydrogens (tertiary/aromatic N) is 1. The minimum absolute atomic E-state index is 0.0234. The van der Waals surface area contributed by atoms with Gasteiger partial charge in [0.1, 0.15) is 30.1 Å². The Kier molecular flexibility index (Phi) is 13.5. The number of benzene rings is 1. The molecule has 1 aliphatic heterocycles. The third-order valence-corrected chi connectivity index (χ3v) is 8.16. The van der Waals surface area contributed by atoms with E-state index >= 15 is 0 Å². The highest BCUT2D eigenvalue weighted by atomic mass is 19.1. The summed E-state index contributed by atoms with van der Waals surface area (Å²) in [6.45, 7) is 13.8. The molecule has 1 heterocycles. The molecule has 3 rings (SSSR count). The van der Waals surface area contributed by atoms with Crippen molar-refractivity contribution >= 4 is 11.6 Å². The monoisotopic (exact) mass is 562 g/mol. The molecule has 2 fully saturated rings. The van der Waals surface area contributed by atoms with Crippen LogP contribution in [0.4, 0.5) is 4.39 Å². The van der Waals surface area contributed by atoms with Crippen LogP contribution in [0.1, 0.15) is 85.1 Å². The molecular formula is C32H51FN2O5. The van der Waals surface area contributed by atoms with Crippen molar-refractivity contribution in [3.63, 3.8) is 0 Å². The van der Waals surface area contributed by atoms with Gasteiger partial charge in [0.25, 0.3) is 0 Å². The number of aryl methyl sites for hydroxylation is 1. The number of rotatable bonds is 20. The van der Waals surface area contributed by atoms with Crippen LogP contribution in [0.5, 0.6) is 5.75 Å². The lowest BCUT2D eigenvalue weighted by Crippen LogP contribution is -2.55. The molecule has 226 valence electrons. The Balaban J connectivity index is 1.21. The van der Waals surface area contributed by atoms with Gasteiger partial charge in [-0.15, -0.1) is 0 Å². The first-order valence-electron chi connectivity index (χ1n) is 15.3. The number of likely N-dealkylation sites (tertiary alicyclic amines) is 1. The van der Waals surface area contributed by atoms with Crippen molar-refractivity contribution in [1.29, 1.82) is 0 Å². The summed E-state index contributed by atoms with van der Waals surface area (Å²) in [5.74, 6) is 0.521. The third-order valence-electron chi connectivity index (χ3n) is 8.16. The summed E-state index contributed by atoms with van der Waals surface area (Å²) in [6.07, 6.45) is 6.16. The number of ketones is 2. The molecule has 1 aliphatic carbocycles. The van der Waals surface area contributed by atoms with E-state index in [0.29, 0.717) is 62.5 Å². The Labute approximate surface area is 240 Å². The molecule has 0 radical (unpaired) electrons. The Morgan fingerprint density at radius 1 is 1.05 bits per heavy atom. The maximum atomic E-state index is 14.0. The highest BCUT2D eigenvalue weighted by Crippen LogP contribution is 2.28. The zero-order valence-corrected chi connectivity index (χ0v) is 25.3. The number of halogens is 1. The first-order valence-corrected chi connectivity index (χ1v) is 15.3. The van der Waals surface area contributed by atoms with Crippen molar-refractivity contribution in [3.8, 4) is 5.75 Å². The summed E-state index contributed by atoms with van der Waals surface area (Å²) in [5, 5.41) is 3.63. The van der Waals surface area contributed by atoms with E-state index in [1.807, 2.05) is 19.9 Å². The van der Waals surface area contributed by atoms with Crippen molar-refractivity contribution in [1.82, 2.24) is 10.2 Å². The van der Waals surface area contributed by atoms with E-state index < -0.39 is 0 Å². The van der Waals surface area contributed by atoms with Crippen molar-refractivity contribution in [3.05, 3.63) is 29.6 Å². The Hall–Kier alpha value is -1.87. The lowest BCUT2D eigenvalue weighted by molar-refractivity contribution is -0.127. The standard InChI is InChI=1S/C32H51FN2O5/c1-6-28(36)11-10-25-14-26(33)16-29(15-25)40-30-17-27(18-30)34-24(5)9-8-23(4)32(37)21-38-12-7-13-39-31-19-35(20-31)22(2)3/h14-16,22-24,27,30-31,34H,6-13,17-21H2,1-5H3. The third kappa shape index (κ3) is 11.2. The second-order valence-corrected chi connectivity index (χ2v) is 12.1. The smallest absolute Gasteiger partial charge is 0.161 e. The normalized spacial score (nSPS) is 21.1. The van der Waals surface area contributed by atoms with Gasteiger partial charge in [-0.25, -0.2) is 4.39 Å². The van der Waals surface area contributed by atoms with Gasteiger partial charge in [-0.3, -0.25) is 14.5 Å². The summed E-state index contributed by atoms with van der Waals surface area (Å²) in [4.78, 5) is 26.4. The fourth-order valence-corrected chi connectivity index (χ4v) is 5.15. The Morgan fingerprint density at radius 3 is 2.50 bits per heavy atom. The molecule has 0 bridgehead atoms. The summed E-state index contributed by atoms with van der Waals surface area (Å²) in [7, 11) is 0. The first-order chi connectivity index (χ1) is 19.1. The lowest BCUT2D eigenvalue weighted by atomic mass is 9.88. The van der Waals surface area contributed by atoms with Gasteiger partial charge in [0.05, 0.1) is 6.10 Å². The maximum absolute atomic E-state index is 14.0. The predicted molar refractivity (Wildman–Crippen MR) is 155 cm³/mol. The van der Waals surface area contributed by atoms with Crippen LogP contribution >= 0.6 is 0 Å². The Morgan fingerprint density at radius 2 is 1.80 bits per heavy atom. The van der Waals surface area contributed by atoms with E-state index in [1.165, 1.54) is 12.1 Å². The molecule has 1 aromatic carbocycles. The average molecular weight is 563 g/mol. The largest absolute Gasteiger partial charge is 0.490 e. The van der Waals surface area contributed by atoms with Crippen LogP contribution in [-0.4, -0.2) is 79.7 Å². The number of hydrogen-bond acceptors (Lipinski definition) is 7. The number of carbonyl (C=O) groups excluding carboxylic acids is 2. The quantitative estimate of drug-likeness (QED) is 0.221. The molecule has 8 heteroatoms. The highest BCUT2D eigenvalue weighted by Gasteiger charge is 2.32. The summed E-state index contributed by atoms with van der Waals surface area (Å²) < 4.78 is 31.5. The van der Waals surface area contributed by atoms with Crippen LogP contribution in [-0.2, 0) is 25.5 Å². The van der Waals surface area contributed by atoms with E-state index in [-0.39, 0.29) is 36.0 Å². The van der Waals surface area contributed by atoms with Crippen LogP contribution in [0.3, 0.4) is 0 Å². The summed E-state index contributed by atoms with van der Waals surface area (Å²) in [5.41, 5.74) is 0.796. The number of Topliss-reactive ketones (excluding diaryl/α,β-unsaturated/α-hetero) is 2. The fourth-order valence-electron chi connectivity index (χ4n) is 5.15. The lowest BCUT2D eigenvalue weighted by Gasteiger charge is -2.41. The van der Waals surface area contributed by atoms with Crippen molar-refractivity contribution in [2.45, 2.75) is 116 Å². The highest BCUT2D eigenvalue weighted by molar-refractivity contribution is 5.81. The molecule has 7 nitrogen and oxygen atoms in total.